The first kappa shape index (κ1) is 37.1. The largest absolute Gasteiger partial charge is 0.491 e. The minimum Gasteiger partial charge on any atom is -0.491 e. The van der Waals surface area contributed by atoms with Crippen LogP contribution >= 0.6 is 11.6 Å². The summed E-state index contributed by atoms with van der Waals surface area (Å²) in [5.41, 5.74) is 3.09. The standard InChI is InChI=1S/C40H58ClN5O4S/c1-4-6-29-19-33(41)10-11-35(29)32-23-46-22-31-8-12-36(31)40(48,26-44-17-18-45-16-15-42-21-34(45)24-44)14-5-7-27(2)28(3)51(49)43-39(47)30-9-13-38(50-25-32)37(46)20-30/h9-11,13,19-20,27-28,31-32,34,36,42,48H,4-8,12,14-18,21-26H2,1-3H3,(H,43,47). The second kappa shape index (κ2) is 16.0. The summed E-state index contributed by atoms with van der Waals surface area (Å²) >= 11 is 6.49. The molecule has 1 amide bonds. The summed E-state index contributed by atoms with van der Waals surface area (Å²) in [5, 5.41) is 17.0. The molecule has 4 aliphatic heterocycles. The van der Waals surface area contributed by atoms with Gasteiger partial charge >= 0.3 is 0 Å². The first-order valence-electron chi connectivity index (χ1n) is 19.5. The van der Waals surface area contributed by atoms with Gasteiger partial charge in [0.25, 0.3) is 5.91 Å². The van der Waals surface area contributed by atoms with E-state index < -0.39 is 16.6 Å². The minimum atomic E-state index is -1.54. The van der Waals surface area contributed by atoms with Gasteiger partial charge in [-0.3, -0.25) is 19.3 Å². The molecule has 0 radical (unpaired) electrons. The van der Waals surface area contributed by atoms with Gasteiger partial charge in [-0.25, -0.2) is 4.21 Å². The van der Waals surface area contributed by atoms with Crippen molar-refractivity contribution in [2.24, 2.45) is 17.8 Å². The van der Waals surface area contributed by atoms with Crippen LogP contribution in [0, 0.1) is 17.8 Å². The van der Waals surface area contributed by atoms with Gasteiger partial charge in [0.15, 0.2) is 0 Å². The maximum absolute atomic E-state index is 13.5. The molecule has 11 heteroatoms. The van der Waals surface area contributed by atoms with Gasteiger partial charge in [-0.15, -0.1) is 0 Å². The average Bonchev–Trinajstić information content (AvgIpc) is 3.28. The number of aryl methyl sites for hydroxylation is 1. The Morgan fingerprint density at radius 2 is 1.92 bits per heavy atom. The van der Waals surface area contributed by atoms with Gasteiger partial charge in [0.05, 0.1) is 23.1 Å². The van der Waals surface area contributed by atoms with E-state index in [0.29, 0.717) is 30.7 Å². The van der Waals surface area contributed by atoms with Crippen molar-refractivity contribution in [2.45, 2.75) is 88.5 Å². The van der Waals surface area contributed by atoms with Crippen molar-refractivity contribution in [3.63, 3.8) is 0 Å². The van der Waals surface area contributed by atoms with Crippen molar-refractivity contribution in [2.75, 3.05) is 70.4 Å². The number of nitrogens with zero attached hydrogens (tertiary/aromatic N) is 3. The molecule has 4 heterocycles. The summed E-state index contributed by atoms with van der Waals surface area (Å²) in [4.78, 5) is 21.1. The predicted octanol–water partition coefficient (Wildman–Crippen LogP) is 5.22. The molecule has 0 aromatic heterocycles. The molecule has 8 atom stereocenters. The minimum absolute atomic E-state index is 0.103. The SMILES string of the molecule is CCCc1cc(Cl)ccc1C1COc2ccc3cc2N(C1)CC1CCC1C(O)(CN1CCN2CCNCC2C1)CCCC(C)C(C)S(=O)NC3=O. The van der Waals surface area contributed by atoms with Crippen LogP contribution in [0.3, 0.4) is 0 Å². The number of β-amino-alcohol motifs (C(OH)–C–C–N with tert-alkyl or cyclic N) is 1. The Balaban J connectivity index is 1.22. The molecule has 5 aliphatic rings. The molecule has 1 aliphatic carbocycles. The van der Waals surface area contributed by atoms with Crippen LogP contribution in [0.25, 0.3) is 0 Å². The zero-order valence-electron chi connectivity index (χ0n) is 30.7. The number of anilines is 1. The Bertz CT molecular complexity index is 1580. The fourth-order valence-corrected chi connectivity index (χ4v) is 10.7. The number of aliphatic hydroxyl groups is 1. The number of rotatable bonds is 5. The summed E-state index contributed by atoms with van der Waals surface area (Å²) < 4.78 is 22.8. The lowest BCUT2D eigenvalue weighted by molar-refractivity contribution is -0.113. The monoisotopic (exact) mass is 739 g/mol. The smallest absolute Gasteiger partial charge is 0.263 e. The number of nitrogens with one attached hydrogen (secondary N) is 2. The van der Waals surface area contributed by atoms with Gasteiger partial charge in [-0.05, 0) is 98.2 Å². The first-order valence-corrected chi connectivity index (χ1v) is 21.1. The number of amides is 1. The van der Waals surface area contributed by atoms with E-state index in [-0.39, 0.29) is 28.9 Å². The van der Waals surface area contributed by atoms with Crippen molar-refractivity contribution in [3.8, 4) is 5.75 Å². The third kappa shape index (κ3) is 8.16. The summed E-state index contributed by atoms with van der Waals surface area (Å²) in [7, 11) is -1.54. The molecule has 0 spiro atoms. The third-order valence-corrected chi connectivity index (χ3v) is 14.6. The number of hydrogen-bond acceptors (Lipinski definition) is 8. The molecule has 3 fully saturated rings. The van der Waals surface area contributed by atoms with E-state index in [2.05, 4.69) is 50.7 Å². The zero-order chi connectivity index (χ0) is 35.7. The van der Waals surface area contributed by atoms with Crippen molar-refractivity contribution < 1.29 is 18.8 Å². The molecular formula is C40H58ClN5O4S. The number of hydrogen-bond donors (Lipinski definition) is 3. The number of carbonyl (C=O) groups is 1. The molecule has 7 rings (SSSR count). The highest BCUT2D eigenvalue weighted by molar-refractivity contribution is 7.84. The number of fused-ring (bicyclic) bond motifs is 3. The Labute approximate surface area is 312 Å². The van der Waals surface area contributed by atoms with Gasteiger partial charge in [0, 0.05) is 81.4 Å². The van der Waals surface area contributed by atoms with Gasteiger partial charge in [0.1, 0.15) is 16.7 Å². The van der Waals surface area contributed by atoms with Crippen LogP contribution in [0.4, 0.5) is 5.69 Å². The summed E-state index contributed by atoms with van der Waals surface area (Å²) in [6.45, 7) is 15.2. The van der Waals surface area contributed by atoms with E-state index >= 15 is 0 Å². The van der Waals surface area contributed by atoms with E-state index in [9.17, 15) is 14.1 Å². The van der Waals surface area contributed by atoms with Crippen molar-refractivity contribution in [3.05, 3.63) is 58.1 Å². The second-order valence-corrected chi connectivity index (χ2v) is 18.1. The van der Waals surface area contributed by atoms with Crippen molar-refractivity contribution in [1.82, 2.24) is 19.8 Å². The normalized spacial score (nSPS) is 33.9. The molecule has 2 bridgehead atoms. The number of ether oxygens (including phenoxy) is 1. The molecule has 8 unspecified atom stereocenters. The highest BCUT2D eigenvalue weighted by Gasteiger charge is 2.48. The van der Waals surface area contributed by atoms with E-state index in [1.54, 1.807) is 6.07 Å². The number of piperazine rings is 2. The molecule has 2 aromatic carbocycles. The molecule has 2 aromatic rings. The van der Waals surface area contributed by atoms with Crippen LogP contribution in [0.15, 0.2) is 36.4 Å². The van der Waals surface area contributed by atoms with Crippen LogP contribution in [0.5, 0.6) is 5.75 Å². The summed E-state index contributed by atoms with van der Waals surface area (Å²) in [6, 6.07) is 12.4. The lowest BCUT2D eigenvalue weighted by Gasteiger charge is -2.52. The molecule has 1 saturated carbocycles. The molecule has 280 valence electrons. The Morgan fingerprint density at radius 3 is 2.73 bits per heavy atom. The summed E-state index contributed by atoms with van der Waals surface area (Å²) in [6.07, 6.45) is 6.50. The number of halogens is 1. The van der Waals surface area contributed by atoms with Crippen LogP contribution in [-0.2, 0) is 17.4 Å². The van der Waals surface area contributed by atoms with Gasteiger partial charge in [-0.2, -0.15) is 0 Å². The van der Waals surface area contributed by atoms with E-state index in [1.165, 1.54) is 11.1 Å². The Kier molecular flexibility index (Phi) is 11.7. The highest BCUT2D eigenvalue weighted by Crippen LogP contribution is 2.47. The maximum Gasteiger partial charge on any atom is 0.263 e. The quantitative estimate of drug-likeness (QED) is 0.384. The predicted molar refractivity (Wildman–Crippen MR) is 206 cm³/mol. The van der Waals surface area contributed by atoms with Crippen molar-refractivity contribution >= 4 is 34.2 Å². The van der Waals surface area contributed by atoms with Crippen LogP contribution < -0.4 is 19.7 Å². The fraction of sp³-hybridized carbons (Fsp3) is 0.675. The lowest BCUT2D eigenvalue weighted by Crippen LogP contribution is -2.64. The van der Waals surface area contributed by atoms with Crippen LogP contribution in [-0.4, -0.2) is 107 Å². The van der Waals surface area contributed by atoms with Gasteiger partial charge in [0.2, 0.25) is 0 Å². The topological polar surface area (TPSA) is 97.4 Å². The first-order chi connectivity index (χ1) is 24.6. The van der Waals surface area contributed by atoms with Crippen LogP contribution in [0.1, 0.15) is 86.7 Å². The Morgan fingerprint density at radius 1 is 1.06 bits per heavy atom. The van der Waals surface area contributed by atoms with E-state index in [1.807, 2.05) is 25.1 Å². The third-order valence-electron chi connectivity index (χ3n) is 12.8. The molecule has 9 nitrogen and oxygen atoms in total. The highest BCUT2D eigenvalue weighted by atomic mass is 35.5. The van der Waals surface area contributed by atoms with Crippen molar-refractivity contribution in [1.29, 1.82) is 0 Å². The average molecular weight is 740 g/mol. The second-order valence-electron chi connectivity index (χ2n) is 16.2. The molecular weight excluding hydrogens is 682 g/mol. The zero-order valence-corrected chi connectivity index (χ0v) is 32.3. The number of carbonyl (C=O) groups excluding carboxylic acids is 1. The fourth-order valence-electron chi connectivity index (χ4n) is 9.50. The molecule has 3 N–H and O–H groups in total. The number of benzene rings is 2. The van der Waals surface area contributed by atoms with Gasteiger partial charge in [-0.1, -0.05) is 44.4 Å². The van der Waals surface area contributed by atoms with Gasteiger partial charge < -0.3 is 20.1 Å². The molecule has 51 heavy (non-hydrogen) atoms. The molecule has 2 saturated heterocycles. The van der Waals surface area contributed by atoms with Crippen LogP contribution in [0.2, 0.25) is 5.02 Å². The van der Waals surface area contributed by atoms with E-state index in [0.717, 1.165) is 114 Å². The lowest BCUT2D eigenvalue weighted by atomic mass is 9.62. The summed E-state index contributed by atoms with van der Waals surface area (Å²) in [5.74, 6) is 1.17. The maximum atomic E-state index is 13.5. The van der Waals surface area contributed by atoms with E-state index in [4.69, 9.17) is 16.3 Å². The Hall–Kier alpha value is -2.21.